The van der Waals surface area contributed by atoms with E-state index in [4.69, 9.17) is 5.73 Å². The molecule has 1 aliphatic heterocycles. The highest BCUT2D eigenvalue weighted by atomic mass is 32.2. The van der Waals surface area contributed by atoms with Gasteiger partial charge in [0.05, 0.1) is 6.26 Å². The van der Waals surface area contributed by atoms with E-state index in [-0.39, 0.29) is 12.4 Å². The maximum Gasteiger partial charge on any atom is 0.211 e. The van der Waals surface area contributed by atoms with Crippen LogP contribution in [0, 0.1) is 5.82 Å². The lowest BCUT2D eigenvalue weighted by Gasteiger charge is -2.33. The number of nitrogens with zero attached hydrogens (tertiary/aromatic N) is 2. The van der Waals surface area contributed by atoms with Crippen molar-refractivity contribution >= 4 is 10.0 Å². The van der Waals surface area contributed by atoms with Crippen LogP contribution in [-0.4, -0.2) is 50.1 Å². The fraction of sp³-hybridized carbons (Fsp3) is 0.538. The van der Waals surface area contributed by atoms with Crippen molar-refractivity contribution in [3.8, 4) is 0 Å². The van der Waals surface area contributed by atoms with Crippen molar-refractivity contribution in [2.24, 2.45) is 5.73 Å². The molecule has 0 radical (unpaired) electrons. The van der Waals surface area contributed by atoms with Crippen LogP contribution in [0.4, 0.5) is 4.39 Å². The molecule has 2 rings (SSSR count). The number of benzene rings is 1. The van der Waals surface area contributed by atoms with E-state index in [1.54, 1.807) is 18.2 Å². The van der Waals surface area contributed by atoms with E-state index < -0.39 is 10.0 Å². The third-order valence-electron chi connectivity index (χ3n) is 3.57. The van der Waals surface area contributed by atoms with E-state index >= 15 is 0 Å². The van der Waals surface area contributed by atoms with Crippen LogP contribution in [0.5, 0.6) is 0 Å². The Kier molecular flexibility index (Phi) is 4.74. The van der Waals surface area contributed by atoms with Crippen molar-refractivity contribution in [2.75, 3.05) is 32.4 Å². The molecule has 7 heteroatoms. The Morgan fingerprint density at radius 3 is 2.35 bits per heavy atom. The molecule has 1 heterocycles. The second-order valence-corrected chi connectivity index (χ2v) is 7.01. The zero-order chi connectivity index (χ0) is 14.8. The monoisotopic (exact) mass is 301 g/mol. The first-order valence-corrected chi connectivity index (χ1v) is 8.40. The minimum Gasteiger partial charge on any atom is -0.326 e. The highest BCUT2D eigenvalue weighted by Crippen LogP contribution is 2.16. The smallest absolute Gasteiger partial charge is 0.211 e. The van der Waals surface area contributed by atoms with E-state index in [0.29, 0.717) is 43.9 Å². The predicted molar refractivity (Wildman–Crippen MR) is 76.0 cm³/mol. The van der Waals surface area contributed by atoms with Crippen LogP contribution in [0.2, 0.25) is 0 Å². The Labute approximate surface area is 119 Å². The number of hydrogen-bond acceptors (Lipinski definition) is 4. The summed E-state index contributed by atoms with van der Waals surface area (Å²) >= 11 is 0. The quantitative estimate of drug-likeness (QED) is 0.872. The Morgan fingerprint density at radius 1 is 1.20 bits per heavy atom. The lowest BCUT2D eigenvalue weighted by atomic mass is 10.1. The molecule has 1 fully saturated rings. The molecule has 0 aromatic heterocycles. The number of halogens is 1. The Bertz CT molecular complexity index is 569. The third kappa shape index (κ3) is 3.54. The Balaban J connectivity index is 2.00. The molecule has 0 aliphatic carbocycles. The second kappa shape index (κ2) is 6.17. The van der Waals surface area contributed by atoms with Gasteiger partial charge in [-0.05, 0) is 0 Å². The van der Waals surface area contributed by atoms with Gasteiger partial charge >= 0.3 is 0 Å². The summed E-state index contributed by atoms with van der Waals surface area (Å²) in [5, 5.41) is 0. The summed E-state index contributed by atoms with van der Waals surface area (Å²) in [6.45, 7) is 2.80. The molecule has 0 atom stereocenters. The van der Waals surface area contributed by atoms with E-state index in [2.05, 4.69) is 4.90 Å². The molecule has 5 nitrogen and oxygen atoms in total. The van der Waals surface area contributed by atoms with Gasteiger partial charge in [0, 0.05) is 50.4 Å². The van der Waals surface area contributed by atoms with E-state index in [9.17, 15) is 12.8 Å². The van der Waals surface area contributed by atoms with Gasteiger partial charge in [-0.3, -0.25) is 4.90 Å². The largest absolute Gasteiger partial charge is 0.326 e. The van der Waals surface area contributed by atoms with Crippen LogP contribution >= 0.6 is 0 Å². The summed E-state index contributed by atoms with van der Waals surface area (Å²) in [5.74, 6) is -0.249. The first-order chi connectivity index (χ1) is 9.41. The number of sulfonamides is 1. The van der Waals surface area contributed by atoms with Crippen molar-refractivity contribution in [2.45, 2.75) is 13.1 Å². The summed E-state index contributed by atoms with van der Waals surface area (Å²) in [6.07, 6.45) is 1.22. The fourth-order valence-electron chi connectivity index (χ4n) is 2.37. The summed E-state index contributed by atoms with van der Waals surface area (Å²) in [6, 6.07) is 5.23. The first kappa shape index (κ1) is 15.4. The van der Waals surface area contributed by atoms with Crippen LogP contribution < -0.4 is 5.73 Å². The fourth-order valence-corrected chi connectivity index (χ4v) is 3.20. The van der Waals surface area contributed by atoms with E-state index in [1.165, 1.54) is 10.6 Å². The van der Waals surface area contributed by atoms with Crippen molar-refractivity contribution in [3.63, 3.8) is 0 Å². The van der Waals surface area contributed by atoms with Gasteiger partial charge in [0.15, 0.2) is 0 Å². The van der Waals surface area contributed by atoms with Crippen LogP contribution in [0.1, 0.15) is 11.1 Å². The van der Waals surface area contributed by atoms with Crippen LogP contribution in [-0.2, 0) is 23.1 Å². The van der Waals surface area contributed by atoms with Gasteiger partial charge < -0.3 is 5.73 Å². The van der Waals surface area contributed by atoms with Gasteiger partial charge in [0.25, 0.3) is 0 Å². The van der Waals surface area contributed by atoms with Crippen LogP contribution in [0.3, 0.4) is 0 Å². The summed E-state index contributed by atoms with van der Waals surface area (Å²) in [4.78, 5) is 2.06. The molecule has 0 spiro atoms. The summed E-state index contributed by atoms with van der Waals surface area (Å²) in [5.41, 5.74) is 6.61. The molecule has 1 aromatic rings. The summed E-state index contributed by atoms with van der Waals surface area (Å²) in [7, 11) is -3.12. The molecule has 1 aliphatic rings. The van der Waals surface area contributed by atoms with Crippen molar-refractivity contribution in [1.82, 2.24) is 9.21 Å². The first-order valence-electron chi connectivity index (χ1n) is 6.55. The molecule has 0 saturated carbocycles. The Hall–Kier alpha value is -1.02. The van der Waals surface area contributed by atoms with Gasteiger partial charge in [-0.25, -0.2) is 12.8 Å². The standard InChI is InChI=1S/C13H20FN3O2S/c1-20(18,19)17-7-5-16(6-8-17)10-12-4-2-3-11(9-15)13(12)14/h2-4H,5-10,15H2,1H3. The minimum absolute atomic E-state index is 0.182. The third-order valence-corrected chi connectivity index (χ3v) is 4.88. The van der Waals surface area contributed by atoms with Gasteiger partial charge in [-0.15, -0.1) is 0 Å². The average molecular weight is 301 g/mol. The average Bonchev–Trinajstić information content (AvgIpc) is 2.41. The molecule has 0 amide bonds. The maximum absolute atomic E-state index is 14.1. The maximum atomic E-state index is 14.1. The molecule has 0 bridgehead atoms. The van der Waals surface area contributed by atoms with Crippen molar-refractivity contribution < 1.29 is 12.8 Å². The highest BCUT2D eigenvalue weighted by Gasteiger charge is 2.23. The number of hydrogen-bond donors (Lipinski definition) is 1. The lowest BCUT2D eigenvalue weighted by Crippen LogP contribution is -2.47. The SMILES string of the molecule is CS(=O)(=O)N1CCN(Cc2cccc(CN)c2F)CC1. The highest BCUT2D eigenvalue weighted by molar-refractivity contribution is 7.88. The Morgan fingerprint density at radius 2 is 1.80 bits per heavy atom. The summed E-state index contributed by atoms with van der Waals surface area (Å²) < 4.78 is 38.4. The normalized spacial score (nSPS) is 18.4. The van der Waals surface area contributed by atoms with Crippen LogP contribution in [0.15, 0.2) is 18.2 Å². The zero-order valence-corrected chi connectivity index (χ0v) is 12.4. The van der Waals surface area contributed by atoms with Gasteiger partial charge in [-0.1, -0.05) is 18.2 Å². The van der Waals surface area contributed by atoms with Crippen molar-refractivity contribution in [3.05, 3.63) is 35.1 Å². The number of nitrogens with two attached hydrogens (primary N) is 1. The minimum atomic E-state index is -3.12. The van der Waals surface area contributed by atoms with Gasteiger partial charge in [0.1, 0.15) is 5.82 Å². The number of rotatable bonds is 4. The molecule has 2 N–H and O–H groups in total. The molecular formula is C13H20FN3O2S. The molecular weight excluding hydrogens is 281 g/mol. The van der Waals surface area contributed by atoms with Gasteiger partial charge in [-0.2, -0.15) is 4.31 Å². The predicted octanol–water partition coefficient (Wildman–Crippen LogP) is 0.362. The van der Waals surface area contributed by atoms with Gasteiger partial charge in [0.2, 0.25) is 10.0 Å². The van der Waals surface area contributed by atoms with Crippen molar-refractivity contribution in [1.29, 1.82) is 0 Å². The van der Waals surface area contributed by atoms with Crippen LogP contribution in [0.25, 0.3) is 0 Å². The number of piperazine rings is 1. The second-order valence-electron chi connectivity index (χ2n) is 5.03. The van der Waals surface area contributed by atoms with E-state index in [0.717, 1.165) is 0 Å². The molecule has 1 saturated heterocycles. The topological polar surface area (TPSA) is 66.6 Å². The molecule has 112 valence electrons. The lowest BCUT2D eigenvalue weighted by molar-refractivity contribution is 0.180. The van der Waals surface area contributed by atoms with E-state index in [1.807, 2.05) is 0 Å². The molecule has 1 aromatic carbocycles. The molecule has 20 heavy (non-hydrogen) atoms. The molecule has 0 unspecified atom stereocenters. The zero-order valence-electron chi connectivity index (χ0n) is 11.5.